The fraction of sp³-hybridized carbons (Fsp3) is 0.500. The van der Waals surface area contributed by atoms with Crippen molar-refractivity contribution in [1.29, 1.82) is 0 Å². The summed E-state index contributed by atoms with van der Waals surface area (Å²) in [6, 6.07) is 0. The second-order valence-electron chi connectivity index (χ2n) is 2.70. The summed E-state index contributed by atoms with van der Waals surface area (Å²) in [7, 11) is 0. The zero-order valence-electron chi connectivity index (χ0n) is 7.29. The molecule has 62 valence electrons. The van der Waals surface area contributed by atoms with Gasteiger partial charge in [0.25, 0.3) is 0 Å². The number of hydrogen-bond acceptors (Lipinski definition) is 1. The summed E-state index contributed by atoms with van der Waals surface area (Å²) in [5, 5.41) is 0. The minimum absolute atomic E-state index is 0.746. The third-order valence-electron chi connectivity index (χ3n) is 1.67. The van der Waals surface area contributed by atoms with Crippen LogP contribution in [0.2, 0.25) is 0 Å². The van der Waals surface area contributed by atoms with Crippen LogP contribution < -0.4 is 0 Å². The lowest BCUT2D eigenvalue weighted by Crippen LogP contribution is -1.87. The zero-order valence-corrected chi connectivity index (χ0v) is 7.29. The number of carbonyl (C=O) groups excluding carboxylic acids is 1. The first kappa shape index (κ1) is 10.2. The maximum Gasteiger partial charge on any atom is 0.142 e. The van der Waals surface area contributed by atoms with Gasteiger partial charge in [-0.15, -0.1) is 0 Å². The molecular formula is C10H16O. The Labute approximate surface area is 68.8 Å². The summed E-state index contributed by atoms with van der Waals surface area (Å²) in [5.74, 6) is 0.746. The van der Waals surface area contributed by atoms with Crippen molar-refractivity contribution >= 4 is 6.29 Å². The quantitative estimate of drug-likeness (QED) is 0.336. The molecule has 0 aromatic heterocycles. The average molecular weight is 152 g/mol. The van der Waals surface area contributed by atoms with Crippen LogP contribution in [0.5, 0.6) is 0 Å². The third kappa shape index (κ3) is 7.04. The van der Waals surface area contributed by atoms with E-state index >= 15 is 0 Å². The van der Waals surface area contributed by atoms with Gasteiger partial charge in [0.2, 0.25) is 0 Å². The van der Waals surface area contributed by atoms with E-state index in [2.05, 4.69) is 19.9 Å². The Balaban J connectivity index is 3.43. The SMILES string of the molecule is CCC(C)C/C=C/C=C/C=O. The summed E-state index contributed by atoms with van der Waals surface area (Å²) < 4.78 is 0. The summed E-state index contributed by atoms with van der Waals surface area (Å²) in [6.07, 6.45) is 10.4. The Kier molecular flexibility index (Phi) is 6.70. The fourth-order valence-electron chi connectivity index (χ4n) is 0.666. The lowest BCUT2D eigenvalue weighted by Gasteiger charge is -2.00. The highest BCUT2D eigenvalue weighted by atomic mass is 16.1. The summed E-state index contributed by atoms with van der Waals surface area (Å²) in [6.45, 7) is 4.40. The average Bonchev–Trinajstić information content (AvgIpc) is 2.04. The van der Waals surface area contributed by atoms with Crippen LogP contribution in [0.15, 0.2) is 24.3 Å². The normalized spacial score (nSPS) is 14.4. The molecule has 0 aliphatic rings. The van der Waals surface area contributed by atoms with Gasteiger partial charge in [0, 0.05) is 0 Å². The van der Waals surface area contributed by atoms with Crippen molar-refractivity contribution in [2.45, 2.75) is 26.7 Å². The molecule has 0 rings (SSSR count). The Morgan fingerprint density at radius 2 is 2.00 bits per heavy atom. The third-order valence-corrected chi connectivity index (χ3v) is 1.67. The molecular weight excluding hydrogens is 136 g/mol. The van der Waals surface area contributed by atoms with E-state index in [4.69, 9.17) is 0 Å². The number of aldehydes is 1. The van der Waals surface area contributed by atoms with Crippen molar-refractivity contribution in [2.24, 2.45) is 5.92 Å². The molecule has 0 aromatic carbocycles. The molecule has 0 radical (unpaired) electrons. The highest BCUT2D eigenvalue weighted by molar-refractivity contribution is 5.65. The molecule has 0 aliphatic heterocycles. The predicted octanol–water partition coefficient (Wildman–Crippen LogP) is 2.73. The minimum atomic E-state index is 0.746. The van der Waals surface area contributed by atoms with Crippen LogP contribution in [-0.4, -0.2) is 6.29 Å². The fourth-order valence-corrected chi connectivity index (χ4v) is 0.666. The molecule has 0 heterocycles. The van der Waals surface area contributed by atoms with Gasteiger partial charge >= 0.3 is 0 Å². The van der Waals surface area contributed by atoms with Crippen LogP contribution in [0.1, 0.15) is 26.7 Å². The van der Waals surface area contributed by atoms with Gasteiger partial charge in [-0.05, 0) is 18.4 Å². The van der Waals surface area contributed by atoms with E-state index < -0.39 is 0 Å². The van der Waals surface area contributed by atoms with Gasteiger partial charge in [0.1, 0.15) is 6.29 Å². The zero-order chi connectivity index (χ0) is 8.53. The van der Waals surface area contributed by atoms with Crippen molar-refractivity contribution in [2.75, 3.05) is 0 Å². The molecule has 0 spiro atoms. The van der Waals surface area contributed by atoms with Gasteiger partial charge < -0.3 is 0 Å². The number of allylic oxidation sites excluding steroid dienone is 4. The minimum Gasteiger partial charge on any atom is -0.299 e. The maximum atomic E-state index is 9.84. The molecule has 0 N–H and O–H groups in total. The Morgan fingerprint density at radius 1 is 1.27 bits per heavy atom. The molecule has 0 saturated carbocycles. The summed E-state index contributed by atoms with van der Waals surface area (Å²) in [5.41, 5.74) is 0. The predicted molar refractivity (Wildman–Crippen MR) is 48.4 cm³/mol. The van der Waals surface area contributed by atoms with Gasteiger partial charge in [-0.25, -0.2) is 0 Å². The maximum absolute atomic E-state index is 9.84. The van der Waals surface area contributed by atoms with Crippen LogP contribution in [0.3, 0.4) is 0 Å². The molecule has 1 atom stereocenters. The molecule has 0 amide bonds. The Bertz CT molecular complexity index is 145. The van der Waals surface area contributed by atoms with Gasteiger partial charge in [0.15, 0.2) is 0 Å². The van der Waals surface area contributed by atoms with Crippen LogP contribution in [-0.2, 0) is 4.79 Å². The van der Waals surface area contributed by atoms with E-state index in [0.29, 0.717) is 0 Å². The first-order chi connectivity index (χ1) is 5.31. The molecule has 1 unspecified atom stereocenters. The van der Waals surface area contributed by atoms with Crippen LogP contribution in [0.4, 0.5) is 0 Å². The van der Waals surface area contributed by atoms with Gasteiger partial charge in [0.05, 0.1) is 0 Å². The van der Waals surface area contributed by atoms with E-state index in [9.17, 15) is 4.79 Å². The van der Waals surface area contributed by atoms with E-state index in [1.54, 1.807) is 6.08 Å². The molecule has 0 aromatic rings. The van der Waals surface area contributed by atoms with Gasteiger partial charge in [-0.1, -0.05) is 38.5 Å². The van der Waals surface area contributed by atoms with Gasteiger partial charge in [-0.2, -0.15) is 0 Å². The largest absolute Gasteiger partial charge is 0.299 e. The number of rotatable bonds is 5. The topological polar surface area (TPSA) is 17.1 Å². The lowest BCUT2D eigenvalue weighted by atomic mass is 10.1. The van der Waals surface area contributed by atoms with Crippen LogP contribution in [0, 0.1) is 5.92 Å². The monoisotopic (exact) mass is 152 g/mol. The van der Waals surface area contributed by atoms with Crippen molar-refractivity contribution in [3.05, 3.63) is 24.3 Å². The van der Waals surface area contributed by atoms with E-state index in [1.165, 1.54) is 12.5 Å². The molecule has 11 heavy (non-hydrogen) atoms. The number of carbonyl (C=O) groups is 1. The second-order valence-corrected chi connectivity index (χ2v) is 2.70. The first-order valence-electron chi connectivity index (χ1n) is 4.08. The molecule has 1 heteroatoms. The summed E-state index contributed by atoms with van der Waals surface area (Å²) in [4.78, 5) is 9.84. The van der Waals surface area contributed by atoms with Crippen molar-refractivity contribution in [3.8, 4) is 0 Å². The van der Waals surface area contributed by atoms with Crippen molar-refractivity contribution in [1.82, 2.24) is 0 Å². The molecule has 0 aliphatic carbocycles. The highest BCUT2D eigenvalue weighted by Crippen LogP contribution is 2.06. The smallest absolute Gasteiger partial charge is 0.142 e. The van der Waals surface area contributed by atoms with E-state index in [1.807, 2.05) is 6.08 Å². The molecule has 0 fully saturated rings. The Hall–Kier alpha value is -0.850. The first-order valence-corrected chi connectivity index (χ1v) is 4.08. The molecule has 0 saturated heterocycles. The van der Waals surface area contributed by atoms with Crippen molar-refractivity contribution < 1.29 is 4.79 Å². The van der Waals surface area contributed by atoms with E-state index in [0.717, 1.165) is 18.6 Å². The van der Waals surface area contributed by atoms with E-state index in [-0.39, 0.29) is 0 Å². The van der Waals surface area contributed by atoms with Crippen molar-refractivity contribution in [3.63, 3.8) is 0 Å². The standard InChI is InChI=1S/C10H16O/c1-3-10(2)8-6-4-5-7-9-11/h4-7,9-10H,3,8H2,1-2H3/b6-4+,7-5+. The Morgan fingerprint density at radius 3 is 2.55 bits per heavy atom. The van der Waals surface area contributed by atoms with Crippen LogP contribution in [0.25, 0.3) is 0 Å². The second kappa shape index (κ2) is 7.26. The van der Waals surface area contributed by atoms with Gasteiger partial charge in [-0.3, -0.25) is 4.79 Å². The lowest BCUT2D eigenvalue weighted by molar-refractivity contribution is -0.104. The molecule has 0 bridgehead atoms. The summed E-state index contributed by atoms with van der Waals surface area (Å²) >= 11 is 0. The highest BCUT2D eigenvalue weighted by Gasteiger charge is 1.91. The number of hydrogen-bond donors (Lipinski definition) is 0. The van der Waals surface area contributed by atoms with Crippen LogP contribution >= 0.6 is 0 Å². The molecule has 1 nitrogen and oxygen atoms in total.